The molecule has 21 heavy (non-hydrogen) atoms. The number of aliphatic carboxylic acids is 1. The minimum absolute atomic E-state index is 0.0433. The van der Waals surface area contributed by atoms with Crippen LogP contribution in [0.5, 0.6) is 0 Å². The number of carboxylic acids is 1. The van der Waals surface area contributed by atoms with Crippen molar-refractivity contribution in [2.24, 2.45) is 5.41 Å². The lowest BCUT2D eigenvalue weighted by Gasteiger charge is -2.35. The maximum Gasteiger partial charge on any atom is 0.303 e. The molecule has 1 saturated carbocycles. The van der Waals surface area contributed by atoms with Crippen molar-refractivity contribution in [2.45, 2.75) is 51.5 Å². The molecule has 0 atom stereocenters. The van der Waals surface area contributed by atoms with Gasteiger partial charge in [0, 0.05) is 31.9 Å². The van der Waals surface area contributed by atoms with E-state index in [2.05, 4.69) is 10.3 Å². The summed E-state index contributed by atoms with van der Waals surface area (Å²) >= 11 is 0. The molecular weight excluding hydrogens is 270 g/mol. The van der Waals surface area contributed by atoms with Gasteiger partial charge in [-0.15, -0.1) is 0 Å². The number of hydrogen-bond acceptors (Lipinski definition) is 3. The molecule has 0 bridgehead atoms. The second-order valence-electron chi connectivity index (χ2n) is 5.96. The van der Waals surface area contributed by atoms with Crippen LogP contribution in [0.4, 0.5) is 0 Å². The number of hydrogen-bond donors (Lipinski definition) is 2. The van der Waals surface area contributed by atoms with Gasteiger partial charge in [0.15, 0.2) is 0 Å². The molecule has 6 nitrogen and oxygen atoms in total. The second kappa shape index (κ2) is 7.24. The summed E-state index contributed by atoms with van der Waals surface area (Å²) in [6.45, 7) is 1.22. The van der Waals surface area contributed by atoms with E-state index in [9.17, 15) is 9.59 Å². The first kappa shape index (κ1) is 15.5. The molecule has 0 aliphatic heterocycles. The van der Waals surface area contributed by atoms with Gasteiger partial charge in [-0.2, -0.15) is 0 Å². The number of aromatic nitrogens is 2. The van der Waals surface area contributed by atoms with E-state index in [1.54, 1.807) is 12.5 Å². The predicted molar refractivity (Wildman–Crippen MR) is 77.6 cm³/mol. The van der Waals surface area contributed by atoms with Crippen LogP contribution in [-0.2, 0) is 16.1 Å². The molecule has 1 aliphatic carbocycles. The Labute approximate surface area is 124 Å². The SMILES string of the molecule is O=C(O)CC1(CC(=O)NCCn2ccnc2)CCCCC1. The number of nitrogens with zero attached hydrogens (tertiary/aromatic N) is 2. The normalized spacial score (nSPS) is 17.3. The van der Waals surface area contributed by atoms with Crippen molar-refractivity contribution in [3.8, 4) is 0 Å². The molecular formula is C15H23N3O3. The van der Waals surface area contributed by atoms with Crippen molar-refractivity contribution in [3.63, 3.8) is 0 Å². The third-order valence-electron chi connectivity index (χ3n) is 4.23. The zero-order chi connectivity index (χ0) is 15.1. The van der Waals surface area contributed by atoms with Crippen LogP contribution >= 0.6 is 0 Å². The van der Waals surface area contributed by atoms with Gasteiger partial charge in [-0.3, -0.25) is 9.59 Å². The highest BCUT2D eigenvalue weighted by Gasteiger charge is 2.36. The molecule has 2 rings (SSSR count). The third kappa shape index (κ3) is 4.88. The summed E-state index contributed by atoms with van der Waals surface area (Å²) in [6.07, 6.45) is 10.5. The summed E-state index contributed by atoms with van der Waals surface area (Å²) in [6, 6.07) is 0. The Hall–Kier alpha value is -1.85. The van der Waals surface area contributed by atoms with Crippen LogP contribution in [0.1, 0.15) is 44.9 Å². The van der Waals surface area contributed by atoms with Crippen molar-refractivity contribution in [1.82, 2.24) is 14.9 Å². The Balaban J connectivity index is 1.81. The van der Waals surface area contributed by atoms with E-state index < -0.39 is 5.97 Å². The minimum Gasteiger partial charge on any atom is -0.481 e. The second-order valence-corrected chi connectivity index (χ2v) is 5.96. The quantitative estimate of drug-likeness (QED) is 0.803. The average Bonchev–Trinajstić information content (AvgIpc) is 2.91. The summed E-state index contributed by atoms with van der Waals surface area (Å²) < 4.78 is 1.90. The minimum atomic E-state index is -0.803. The molecule has 1 amide bonds. The first-order valence-corrected chi connectivity index (χ1v) is 7.54. The Morgan fingerprint density at radius 2 is 2.00 bits per heavy atom. The lowest BCUT2D eigenvalue weighted by molar-refractivity contribution is -0.141. The third-order valence-corrected chi connectivity index (χ3v) is 4.23. The van der Waals surface area contributed by atoms with E-state index in [-0.39, 0.29) is 17.7 Å². The predicted octanol–water partition coefficient (Wildman–Crippen LogP) is 1.81. The van der Waals surface area contributed by atoms with Gasteiger partial charge in [-0.25, -0.2) is 4.98 Å². The van der Waals surface area contributed by atoms with Gasteiger partial charge < -0.3 is 15.0 Å². The molecule has 116 valence electrons. The van der Waals surface area contributed by atoms with E-state index >= 15 is 0 Å². The highest BCUT2D eigenvalue weighted by atomic mass is 16.4. The number of carbonyl (C=O) groups is 2. The molecule has 2 N–H and O–H groups in total. The van der Waals surface area contributed by atoms with E-state index in [0.717, 1.165) is 32.1 Å². The largest absolute Gasteiger partial charge is 0.481 e. The Morgan fingerprint density at radius 3 is 2.62 bits per heavy atom. The van der Waals surface area contributed by atoms with Gasteiger partial charge in [0.25, 0.3) is 0 Å². The standard InChI is InChI=1S/C15H23N3O3/c19-13(17-7-9-18-8-6-16-12-18)10-15(11-14(20)21)4-2-1-3-5-15/h6,8,12H,1-5,7,9-11H2,(H,17,19)(H,20,21). The van der Waals surface area contributed by atoms with Gasteiger partial charge in [-0.05, 0) is 18.3 Å². The van der Waals surface area contributed by atoms with Gasteiger partial charge >= 0.3 is 5.97 Å². The Kier molecular flexibility index (Phi) is 5.36. The molecule has 1 aromatic heterocycles. The number of carbonyl (C=O) groups excluding carboxylic acids is 1. The molecule has 1 aromatic rings. The summed E-state index contributed by atoms with van der Waals surface area (Å²) in [4.78, 5) is 27.1. The van der Waals surface area contributed by atoms with Crippen LogP contribution in [0.25, 0.3) is 0 Å². The molecule has 1 heterocycles. The van der Waals surface area contributed by atoms with Crippen LogP contribution in [0.15, 0.2) is 18.7 Å². The van der Waals surface area contributed by atoms with E-state index in [0.29, 0.717) is 19.5 Å². The molecule has 1 fully saturated rings. The number of carboxylic acid groups (broad SMARTS) is 1. The lowest BCUT2D eigenvalue weighted by atomic mass is 9.69. The smallest absolute Gasteiger partial charge is 0.303 e. The maximum absolute atomic E-state index is 12.1. The van der Waals surface area contributed by atoms with E-state index in [1.807, 2.05) is 10.8 Å². The first-order valence-electron chi connectivity index (χ1n) is 7.54. The fourth-order valence-electron chi connectivity index (χ4n) is 3.19. The number of nitrogens with one attached hydrogen (secondary N) is 1. The van der Waals surface area contributed by atoms with Crippen LogP contribution in [-0.4, -0.2) is 33.1 Å². The van der Waals surface area contributed by atoms with Crippen molar-refractivity contribution >= 4 is 11.9 Å². The summed E-state index contributed by atoms with van der Waals surface area (Å²) in [5.74, 6) is -0.846. The number of imidazole rings is 1. The zero-order valence-corrected chi connectivity index (χ0v) is 12.3. The zero-order valence-electron chi connectivity index (χ0n) is 12.3. The van der Waals surface area contributed by atoms with Crippen LogP contribution in [0, 0.1) is 5.41 Å². The van der Waals surface area contributed by atoms with Crippen molar-refractivity contribution in [3.05, 3.63) is 18.7 Å². The fraction of sp³-hybridized carbons (Fsp3) is 0.667. The van der Waals surface area contributed by atoms with Gasteiger partial charge in [0.2, 0.25) is 5.91 Å². The lowest BCUT2D eigenvalue weighted by Crippen LogP contribution is -2.36. The Morgan fingerprint density at radius 1 is 1.24 bits per heavy atom. The van der Waals surface area contributed by atoms with Crippen molar-refractivity contribution in [1.29, 1.82) is 0 Å². The Bertz CT molecular complexity index is 465. The molecule has 0 spiro atoms. The number of rotatable bonds is 7. The average molecular weight is 293 g/mol. The van der Waals surface area contributed by atoms with Gasteiger partial charge in [-0.1, -0.05) is 19.3 Å². The molecule has 0 aromatic carbocycles. The molecule has 0 unspecified atom stereocenters. The van der Waals surface area contributed by atoms with E-state index in [1.165, 1.54) is 0 Å². The topological polar surface area (TPSA) is 84.2 Å². The molecule has 6 heteroatoms. The highest BCUT2D eigenvalue weighted by molar-refractivity contribution is 5.78. The summed E-state index contributed by atoms with van der Waals surface area (Å²) in [7, 11) is 0. The first-order chi connectivity index (χ1) is 10.1. The van der Waals surface area contributed by atoms with Crippen molar-refractivity contribution < 1.29 is 14.7 Å². The van der Waals surface area contributed by atoms with Crippen LogP contribution < -0.4 is 5.32 Å². The van der Waals surface area contributed by atoms with E-state index in [4.69, 9.17) is 5.11 Å². The summed E-state index contributed by atoms with van der Waals surface area (Å²) in [5, 5.41) is 12.0. The van der Waals surface area contributed by atoms with Crippen molar-refractivity contribution in [2.75, 3.05) is 6.54 Å². The van der Waals surface area contributed by atoms with Crippen LogP contribution in [0.2, 0.25) is 0 Å². The molecule has 1 aliphatic rings. The van der Waals surface area contributed by atoms with Gasteiger partial charge in [0.05, 0.1) is 12.7 Å². The monoisotopic (exact) mass is 293 g/mol. The van der Waals surface area contributed by atoms with Gasteiger partial charge in [0.1, 0.15) is 0 Å². The molecule has 0 saturated heterocycles. The molecule has 0 radical (unpaired) electrons. The summed E-state index contributed by atoms with van der Waals surface area (Å²) in [5.41, 5.74) is -0.344. The maximum atomic E-state index is 12.1. The number of amides is 1. The highest BCUT2D eigenvalue weighted by Crippen LogP contribution is 2.42. The fourth-order valence-corrected chi connectivity index (χ4v) is 3.19. The van der Waals surface area contributed by atoms with Crippen LogP contribution in [0.3, 0.4) is 0 Å².